The number of rotatable bonds is 4. The van der Waals surface area contributed by atoms with Crippen LogP contribution in [0, 0.1) is 0 Å². The fourth-order valence-corrected chi connectivity index (χ4v) is 2.60. The summed E-state index contributed by atoms with van der Waals surface area (Å²) in [5.41, 5.74) is 1.46. The van der Waals surface area contributed by atoms with E-state index in [1.54, 1.807) is 0 Å². The zero-order chi connectivity index (χ0) is 11.4. The highest BCUT2D eigenvalue weighted by atomic mass is 79.9. The second kappa shape index (κ2) is 5.83. The maximum absolute atomic E-state index is 3.48. The molecule has 0 bridgehead atoms. The van der Waals surface area contributed by atoms with Crippen LogP contribution in [0.5, 0.6) is 0 Å². The van der Waals surface area contributed by atoms with Crippen LogP contribution in [0.25, 0.3) is 0 Å². The zero-order valence-electron chi connectivity index (χ0n) is 9.95. The van der Waals surface area contributed by atoms with Gasteiger partial charge >= 0.3 is 0 Å². The lowest BCUT2D eigenvalue weighted by molar-refractivity contribution is 0.324. The van der Waals surface area contributed by atoms with Gasteiger partial charge in [-0.05, 0) is 62.5 Å². The van der Waals surface area contributed by atoms with Crippen LogP contribution in [0.4, 0.5) is 0 Å². The Morgan fingerprint density at radius 1 is 1.19 bits per heavy atom. The predicted octanol–water partition coefficient (Wildman–Crippen LogP) is 4.04. The first-order valence-corrected chi connectivity index (χ1v) is 7.03. The third-order valence-electron chi connectivity index (χ3n) is 3.52. The number of benzene rings is 1. The van der Waals surface area contributed by atoms with Crippen LogP contribution < -0.4 is 0 Å². The van der Waals surface area contributed by atoms with Gasteiger partial charge in [0.1, 0.15) is 0 Å². The van der Waals surface area contributed by atoms with Gasteiger partial charge in [-0.2, -0.15) is 0 Å². The van der Waals surface area contributed by atoms with Gasteiger partial charge in [-0.25, -0.2) is 0 Å². The average Bonchev–Trinajstić information content (AvgIpc) is 2.80. The maximum Gasteiger partial charge on any atom is 0.0175 e. The van der Waals surface area contributed by atoms with Crippen molar-refractivity contribution in [2.75, 3.05) is 19.6 Å². The summed E-state index contributed by atoms with van der Waals surface area (Å²) in [7, 11) is 0. The maximum atomic E-state index is 3.48. The molecule has 1 heterocycles. The van der Waals surface area contributed by atoms with Crippen molar-refractivity contribution in [1.29, 1.82) is 0 Å². The quantitative estimate of drug-likeness (QED) is 0.805. The lowest BCUT2D eigenvalue weighted by Crippen LogP contribution is -2.21. The zero-order valence-corrected chi connectivity index (χ0v) is 11.5. The molecule has 0 aliphatic carbocycles. The Morgan fingerprint density at radius 3 is 2.44 bits per heavy atom. The van der Waals surface area contributed by atoms with E-state index in [9.17, 15) is 0 Å². The van der Waals surface area contributed by atoms with E-state index >= 15 is 0 Å². The molecule has 1 atom stereocenters. The van der Waals surface area contributed by atoms with Crippen molar-refractivity contribution < 1.29 is 0 Å². The minimum absolute atomic E-state index is 0.675. The molecule has 0 amide bonds. The predicted molar refractivity (Wildman–Crippen MR) is 72.8 cm³/mol. The van der Waals surface area contributed by atoms with Crippen LogP contribution in [0.15, 0.2) is 28.7 Å². The molecule has 1 aromatic carbocycles. The molecule has 1 aliphatic heterocycles. The highest BCUT2D eigenvalue weighted by Gasteiger charge is 2.13. The van der Waals surface area contributed by atoms with E-state index in [0.29, 0.717) is 5.92 Å². The molecule has 2 heteroatoms. The molecule has 16 heavy (non-hydrogen) atoms. The number of likely N-dealkylation sites (tertiary alicyclic amines) is 1. The second-order valence-corrected chi connectivity index (χ2v) is 5.71. The van der Waals surface area contributed by atoms with Gasteiger partial charge in [0.2, 0.25) is 0 Å². The molecule has 88 valence electrons. The van der Waals surface area contributed by atoms with E-state index in [1.807, 2.05) is 0 Å². The van der Waals surface area contributed by atoms with E-state index in [-0.39, 0.29) is 0 Å². The molecule has 0 aromatic heterocycles. The molecule has 1 fully saturated rings. The second-order valence-electron chi connectivity index (χ2n) is 4.79. The molecule has 0 spiro atoms. The van der Waals surface area contributed by atoms with E-state index in [1.165, 1.54) is 48.9 Å². The van der Waals surface area contributed by atoms with Crippen molar-refractivity contribution in [3.8, 4) is 0 Å². The van der Waals surface area contributed by atoms with Gasteiger partial charge < -0.3 is 4.90 Å². The number of hydrogen-bond donors (Lipinski definition) is 0. The normalized spacial score (nSPS) is 18.9. The molecule has 1 aliphatic rings. The summed E-state index contributed by atoms with van der Waals surface area (Å²) in [4.78, 5) is 2.59. The molecule has 1 saturated heterocycles. The third kappa shape index (κ3) is 3.33. The Bertz CT molecular complexity index is 314. The van der Waals surface area contributed by atoms with E-state index in [4.69, 9.17) is 0 Å². The first-order chi connectivity index (χ1) is 7.75. The van der Waals surface area contributed by atoms with Crippen LogP contribution in [-0.2, 0) is 0 Å². The molecule has 2 rings (SSSR count). The summed E-state index contributed by atoms with van der Waals surface area (Å²) in [5.74, 6) is 0.675. The van der Waals surface area contributed by atoms with Crippen molar-refractivity contribution in [1.82, 2.24) is 4.90 Å². The van der Waals surface area contributed by atoms with Crippen molar-refractivity contribution in [3.05, 3.63) is 34.3 Å². The molecular formula is C14H20BrN. The SMILES string of the molecule is CC(CCN1CCCC1)c1ccc(Br)cc1. The first-order valence-electron chi connectivity index (χ1n) is 6.23. The third-order valence-corrected chi connectivity index (χ3v) is 4.04. The van der Waals surface area contributed by atoms with Crippen LogP contribution in [0.2, 0.25) is 0 Å². The first kappa shape index (κ1) is 12.1. The van der Waals surface area contributed by atoms with Crippen molar-refractivity contribution in [2.45, 2.75) is 32.1 Å². The summed E-state index contributed by atoms with van der Waals surface area (Å²) < 4.78 is 1.17. The molecule has 1 unspecified atom stereocenters. The fourth-order valence-electron chi connectivity index (χ4n) is 2.34. The molecule has 0 radical (unpaired) electrons. The number of halogens is 1. The summed E-state index contributed by atoms with van der Waals surface area (Å²) in [5, 5.41) is 0. The molecule has 1 aromatic rings. The van der Waals surface area contributed by atoms with Gasteiger partial charge in [-0.15, -0.1) is 0 Å². The van der Waals surface area contributed by atoms with Crippen LogP contribution in [0.3, 0.4) is 0 Å². The largest absolute Gasteiger partial charge is 0.303 e. The standard InChI is InChI=1S/C14H20BrN/c1-12(8-11-16-9-2-3-10-16)13-4-6-14(15)7-5-13/h4-7,12H,2-3,8-11H2,1H3. The van der Waals surface area contributed by atoms with Crippen LogP contribution >= 0.6 is 15.9 Å². The Kier molecular flexibility index (Phi) is 4.42. The highest BCUT2D eigenvalue weighted by molar-refractivity contribution is 9.10. The minimum Gasteiger partial charge on any atom is -0.303 e. The van der Waals surface area contributed by atoms with Gasteiger partial charge in [0.05, 0.1) is 0 Å². The summed E-state index contributed by atoms with van der Waals surface area (Å²) in [6, 6.07) is 8.75. The number of nitrogens with zero attached hydrogens (tertiary/aromatic N) is 1. The minimum atomic E-state index is 0.675. The van der Waals surface area contributed by atoms with Gasteiger partial charge in [0.15, 0.2) is 0 Å². The van der Waals surface area contributed by atoms with E-state index < -0.39 is 0 Å². The Morgan fingerprint density at radius 2 is 1.81 bits per heavy atom. The summed E-state index contributed by atoms with van der Waals surface area (Å²) in [6.45, 7) is 6.22. The summed E-state index contributed by atoms with van der Waals surface area (Å²) >= 11 is 3.48. The monoisotopic (exact) mass is 281 g/mol. The Balaban J connectivity index is 1.82. The Hall–Kier alpha value is -0.340. The summed E-state index contributed by atoms with van der Waals surface area (Å²) in [6.07, 6.45) is 4.07. The fraction of sp³-hybridized carbons (Fsp3) is 0.571. The molecule has 1 nitrogen and oxygen atoms in total. The molecular weight excluding hydrogens is 262 g/mol. The lowest BCUT2D eigenvalue weighted by atomic mass is 9.98. The molecule has 0 N–H and O–H groups in total. The molecule has 0 saturated carbocycles. The van der Waals surface area contributed by atoms with Gasteiger partial charge in [-0.1, -0.05) is 35.0 Å². The van der Waals surface area contributed by atoms with Gasteiger partial charge in [-0.3, -0.25) is 0 Å². The number of hydrogen-bond acceptors (Lipinski definition) is 1. The van der Waals surface area contributed by atoms with Crippen molar-refractivity contribution in [2.24, 2.45) is 0 Å². The Labute approximate surface area is 107 Å². The van der Waals surface area contributed by atoms with Gasteiger partial charge in [0.25, 0.3) is 0 Å². The average molecular weight is 282 g/mol. The van der Waals surface area contributed by atoms with E-state index in [2.05, 4.69) is 52.0 Å². The van der Waals surface area contributed by atoms with Gasteiger partial charge in [0, 0.05) is 4.47 Å². The van der Waals surface area contributed by atoms with Crippen molar-refractivity contribution >= 4 is 15.9 Å². The van der Waals surface area contributed by atoms with E-state index in [0.717, 1.165) is 0 Å². The van der Waals surface area contributed by atoms with Crippen LogP contribution in [-0.4, -0.2) is 24.5 Å². The van der Waals surface area contributed by atoms with Crippen molar-refractivity contribution in [3.63, 3.8) is 0 Å². The topological polar surface area (TPSA) is 3.24 Å². The lowest BCUT2D eigenvalue weighted by Gasteiger charge is -2.18. The highest BCUT2D eigenvalue weighted by Crippen LogP contribution is 2.22. The smallest absolute Gasteiger partial charge is 0.0175 e. The van der Waals surface area contributed by atoms with Crippen LogP contribution in [0.1, 0.15) is 37.7 Å².